The Kier molecular flexibility index (Phi) is 2.97. The summed E-state index contributed by atoms with van der Waals surface area (Å²) in [5, 5.41) is 3.23. The Morgan fingerprint density at radius 3 is 2.50 bits per heavy atom. The monoisotopic (exact) mass is 227 g/mol. The van der Waals surface area contributed by atoms with Gasteiger partial charge >= 0.3 is 5.97 Å². The SMILES string of the molecule is CC(C)(C)OC(=O)C1COC2(CCC2)CN1. The number of nitrogens with one attached hydrogen (secondary N) is 1. The average molecular weight is 227 g/mol. The molecule has 1 aliphatic heterocycles. The molecular weight excluding hydrogens is 206 g/mol. The zero-order valence-electron chi connectivity index (χ0n) is 10.3. The molecule has 2 aliphatic rings. The van der Waals surface area contributed by atoms with Crippen molar-refractivity contribution in [3.63, 3.8) is 0 Å². The fourth-order valence-corrected chi connectivity index (χ4v) is 2.10. The molecule has 1 saturated carbocycles. The first-order valence-electron chi connectivity index (χ1n) is 6.00. The van der Waals surface area contributed by atoms with Crippen LogP contribution in [-0.2, 0) is 14.3 Å². The van der Waals surface area contributed by atoms with Crippen LogP contribution in [0.2, 0.25) is 0 Å². The standard InChI is InChI=1S/C12H21NO3/c1-11(2,3)16-10(14)9-7-15-12(8-13-9)5-4-6-12/h9,13H,4-8H2,1-3H3. The second-order valence-electron chi connectivity index (χ2n) is 5.81. The molecule has 1 aliphatic carbocycles. The third kappa shape index (κ3) is 2.55. The van der Waals surface area contributed by atoms with Gasteiger partial charge < -0.3 is 9.47 Å². The Balaban J connectivity index is 1.82. The van der Waals surface area contributed by atoms with Crippen LogP contribution in [-0.4, -0.2) is 36.4 Å². The van der Waals surface area contributed by atoms with E-state index < -0.39 is 5.60 Å². The molecule has 4 heteroatoms. The summed E-state index contributed by atoms with van der Waals surface area (Å²) in [6, 6.07) is -0.301. The predicted octanol–water partition coefficient (Wildman–Crippen LogP) is 1.24. The Hall–Kier alpha value is -0.610. The van der Waals surface area contributed by atoms with Crippen molar-refractivity contribution < 1.29 is 14.3 Å². The molecule has 0 bridgehead atoms. The Morgan fingerprint density at radius 1 is 1.44 bits per heavy atom. The van der Waals surface area contributed by atoms with Gasteiger partial charge in [0, 0.05) is 6.54 Å². The highest BCUT2D eigenvalue weighted by Gasteiger charge is 2.43. The summed E-state index contributed by atoms with van der Waals surface area (Å²) in [5.41, 5.74) is -0.400. The van der Waals surface area contributed by atoms with E-state index in [4.69, 9.17) is 9.47 Å². The Bertz CT molecular complexity index is 268. The van der Waals surface area contributed by atoms with Gasteiger partial charge in [0.1, 0.15) is 11.6 Å². The van der Waals surface area contributed by atoms with Gasteiger partial charge in [0.25, 0.3) is 0 Å². The van der Waals surface area contributed by atoms with Crippen molar-refractivity contribution in [2.24, 2.45) is 0 Å². The lowest BCUT2D eigenvalue weighted by Crippen LogP contribution is -2.60. The van der Waals surface area contributed by atoms with E-state index in [2.05, 4.69) is 5.32 Å². The number of morpholine rings is 1. The van der Waals surface area contributed by atoms with Crippen LogP contribution in [0.4, 0.5) is 0 Å². The topological polar surface area (TPSA) is 47.6 Å². The van der Waals surface area contributed by atoms with E-state index in [9.17, 15) is 4.79 Å². The van der Waals surface area contributed by atoms with Crippen LogP contribution in [0.1, 0.15) is 40.0 Å². The summed E-state index contributed by atoms with van der Waals surface area (Å²) in [5.74, 6) is -0.207. The van der Waals surface area contributed by atoms with Crippen LogP contribution in [0.5, 0.6) is 0 Å². The Labute approximate surface area is 96.7 Å². The number of esters is 1. The lowest BCUT2D eigenvalue weighted by atomic mass is 9.79. The summed E-state index contributed by atoms with van der Waals surface area (Å²) in [6.45, 7) is 6.85. The molecule has 1 atom stereocenters. The molecule has 1 spiro atoms. The molecule has 16 heavy (non-hydrogen) atoms. The lowest BCUT2D eigenvalue weighted by Gasteiger charge is -2.46. The van der Waals surface area contributed by atoms with Gasteiger partial charge in [-0.05, 0) is 40.0 Å². The van der Waals surface area contributed by atoms with Gasteiger partial charge in [0.05, 0.1) is 12.2 Å². The maximum atomic E-state index is 11.8. The minimum absolute atomic E-state index is 0.0263. The molecule has 0 aromatic heterocycles. The number of hydrogen-bond acceptors (Lipinski definition) is 4. The number of hydrogen-bond donors (Lipinski definition) is 1. The van der Waals surface area contributed by atoms with E-state index in [-0.39, 0.29) is 17.6 Å². The summed E-state index contributed by atoms with van der Waals surface area (Å²) >= 11 is 0. The summed E-state index contributed by atoms with van der Waals surface area (Å²) in [7, 11) is 0. The van der Waals surface area contributed by atoms with Gasteiger partial charge in [-0.25, -0.2) is 0 Å². The van der Waals surface area contributed by atoms with Crippen LogP contribution in [0.3, 0.4) is 0 Å². The number of ether oxygens (including phenoxy) is 2. The molecule has 1 saturated heterocycles. The highest BCUT2D eigenvalue weighted by molar-refractivity contribution is 5.76. The zero-order valence-corrected chi connectivity index (χ0v) is 10.3. The number of rotatable bonds is 1. The van der Waals surface area contributed by atoms with Crippen molar-refractivity contribution in [1.82, 2.24) is 5.32 Å². The molecule has 1 heterocycles. The maximum absolute atomic E-state index is 11.8. The van der Waals surface area contributed by atoms with Crippen molar-refractivity contribution in [1.29, 1.82) is 0 Å². The average Bonchev–Trinajstić information content (AvgIpc) is 2.13. The molecule has 1 N–H and O–H groups in total. The lowest BCUT2D eigenvalue weighted by molar-refractivity contribution is -0.172. The third-order valence-corrected chi connectivity index (χ3v) is 3.18. The van der Waals surface area contributed by atoms with Crippen LogP contribution >= 0.6 is 0 Å². The Morgan fingerprint density at radius 2 is 2.12 bits per heavy atom. The van der Waals surface area contributed by atoms with Crippen LogP contribution < -0.4 is 5.32 Å². The van der Waals surface area contributed by atoms with Gasteiger partial charge in [-0.1, -0.05) is 0 Å². The third-order valence-electron chi connectivity index (χ3n) is 3.18. The molecule has 92 valence electrons. The van der Waals surface area contributed by atoms with Crippen molar-refractivity contribution in [2.75, 3.05) is 13.2 Å². The second kappa shape index (κ2) is 4.00. The van der Waals surface area contributed by atoms with E-state index in [1.165, 1.54) is 6.42 Å². The maximum Gasteiger partial charge on any atom is 0.326 e. The van der Waals surface area contributed by atoms with Crippen molar-refractivity contribution >= 4 is 5.97 Å². The summed E-state index contributed by atoms with van der Waals surface area (Å²) in [6.07, 6.45) is 3.46. The summed E-state index contributed by atoms with van der Waals surface area (Å²) in [4.78, 5) is 11.8. The van der Waals surface area contributed by atoms with Gasteiger partial charge in [-0.3, -0.25) is 10.1 Å². The van der Waals surface area contributed by atoms with E-state index in [0.717, 1.165) is 19.4 Å². The van der Waals surface area contributed by atoms with Crippen LogP contribution in [0, 0.1) is 0 Å². The molecule has 1 unspecified atom stereocenters. The van der Waals surface area contributed by atoms with Crippen molar-refractivity contribution in [3.05, 3.63) is 0 Å². The highest BCUT2D eigenvalue weighted by Crippen LogP contribution is 2.36. The van der Waals surface area contributed by atoms with E-state index in [0.29, 0.717) is 6.61 Å². The fourth-order valence-electron chi connectivity index (χ4n) is 2.10. The zero-order chi connectivity index (χ0) is 11.8. The first-order chi connectivity index (χ1) is 7.40. The van der Waals surface area contributed by atoms with E-state index >= 15 is 0 Å². The number of carbonyl (C=O) groups excluding carboxylic acids is 1. The molecule has 0 aromatic rings. The molecule has 0 amide bonds. The highest BCUT2D eigenvalue weighted by atomic mass is 16.6. The minimum atomic E-state index is -0.426. The van der Waals surface area contributed by atoms with Crippen LogP contribution in [0.15, 0.2) is 0 Å². The quantitative estimate of drug-likeness (QED) is 0.685. The largest absolute Gasteiger partial charge is 0.459 e. The van der Waals surface area contributed by atoms with Crippen molar-refractivity contribution in [3.8, 4) is 0 Å². The first kappa shape index (κ1) is 11.9. The first-order valence-corrected chi connectivity index (χ1v) is 6.00. The second-order valence-corrected chi connectivity index (χ2v) is 5.81. The smallest absolute Gasteiger partial charge is 0.326 e. The molecule has 4 nitrogen and oxygen atoms in total. The van der Waals surface area contributed by atoms with E-state index in [1.54, 1.807) is 0 Å². The molecular formula is C12H21NO3. The molecule has 2 fully saturated rings. The molecule has 0 aromatic carbocycles. The van der Waals surface area contributed by atoms with E-state index in [1.807, 2.05) is 20.8 Å². The van der Waals surface area contributed by atoms with Gasteiger partial charge in [-0.15, -0.1) is 0 Å². The normalized spacial score (nSPS) is 28.6. The molecule has 0 radical (unpaired) electrons. The van der Waals surface area contributed by atoms with Gasteiger partial charge in [0.15, 0.2) is 0 Å². The summed E-state index contributed by atoms with van der Waals surface area (Å²) < 4.78 is 11.1. The fraction of sp³-hybridized carbons (Fsp3) is 0.917. The van der Waals surface area contributed by atoms with Crippen LogP contribution in [0.25, 0.3) is 0 Å². The number of carbonyl (C=O) groups is 1. The predicted molar refractivity (Wildman–Crippen MR) is 60.2 cm³/mol. The van der Waals surface area contributed by atoms with Gasteiger partial charge in [0.2, 0.25) is 0 Å². The minimum Gasteiger partial charge on any atom is -0.459 e. The van der Waals surface area contributed by atoms with Gasteiger partial charge in [-0.2, -0.15) is 0 Å². The molecule has 2 rings (SSSR count). The van der Waals surface area contributed by atoms with Crippen molar-refractivity contribution in [2.45, 2.75) is 57.3 Å².